The van der Waals surface area contributed by atoms with E-state index in [0.717, 1.165) is 0 Å². The van der Waals surface area contributed by atoms with Crippen molar-refractivity contribution in [2.75, 3.05) is 0 Å². The number of alkyl halides is 5. The summed E-state index contributed by atoms with van der Waals surface area (Å²) in [4.78, 5) is 11.5. The molecule has 0 aliphatic carbocycles. The fourth-order valence-electron chi connectivity index (χ4n) is 0.945. The normalized spacial score (nSPS) is 11.9. The molecule has 0 bridgehead atoms. The van der Waals surface area contributed by atoms with Crippen molar-refractivity contribution in [2.24, 2.45) is 0 Å². The summed E-state index contributed by atoms with van der Waals surface area (Å²) in [5, 5.41) is 10.2. The lowest BCUT2D eigenvalue weighted by Crippen LogP contribution is -2.11. The second-order valence-corrected chi connectivity index (χ2v) is 2.66. The van der Waals surface area contributed by atoms with E-state index in [9.17, 15) is 32.1 Å². The Balaban J connectivity index is 3.37. The largest absolute Gasteiger partial charge is 0.424 e. The Morgan fingerprint density at radius 3 is 2.25 bits per heavy atom. The molecule has 0 amide bonds. The second-order valence-electron chi connectivity index (χ2n) is 2.66. The van der Waals surface area contributed by atoms with Gasteiger partial charge in [0.05, 0.1) is 0 Å². The lowest BCUT2D eigenvalue weighted by molar-refractivity contribution is -0.393. The van der Waals surface area contributed by atoms with E-state index in [1.807, 2.05) is 0 Å². The molecule has 0 saturated heterocycles. The van der Waals surface area contributed by atoms with Gasteiger partial charge in [-0.3, -0.25) is 0 Å². The molecule has 0 N–H and O–H groups in total. The summed E-state index contributed by atoms with van der Waals surface area (Å²) in [6.07, 6.45) is -8.17. The SMILES string of the molecule is O=[N+]([O-])c1nc(C(F)F)ccc1C(F)(F)F. The Bertz CT molecular complexity index is 418. The van der Waals surface area contributed by atoms with Gasteiger partial charge in [-0.25, -0.2) is 8.78 Å². The van der Waals surface area contributed by atoms with Gasteiger partial charge in [-0.1, -0.05) is 0 Å². The minimum absolute atomic E-state index is 0.215. The first-order chi connectivity index (χ1) is 7.23. The zero-order chi connectivity index (χ0) is 12.5. The molecule has 16 heavy (non-hydrogen) atoms. The Labute approximate surface area is 84.9 Å². The molecule has 0 saturated carbocycles. The molecule has 0 spiro atoms. The number of aromatic nitrogens is 1. The average Bonchev–Trinajstić information content (AvgIpc) is 2.15. The van der Waals surface area contributed by atoms with Crippen LogP contribution >= 0.6 is 0 Å². The van der Waals surface area contributed by atoms with Crippen LogP contribution in [0.5, 0.6) is 0 Å². The molecule has 88 valence electrons. The van der Waals surface area contributed by atoms with E-state index in [4.69, 9.17) is 0 Å². The smallest absolute Gasteiger partial charge is 0.358 e. The highest BCUT2D eigenvalue weighted by Gasteiger charge is 2.40. The van der Waals surface area contributed by atoms with E-state index in [0.29, 0.717) is 6.07 Å². The number of nitrogens with zero attached hydrogens (tertiary/aromatic N) is 2. The maximum Gasteiger partial charge on any atom is 0.424 e. The average molecular weight is 242 g/mol. The van der Waals surface area contributed by atoms with Crippen molar-refractivity contribution >= 4 is 5.82 Å². The first-order valence-corrected chi connectivity index (χ1v) is 3.74. The van der Waals surface area contributed by atoms with E-state index < -0.39 is 34.6 Å². The standard InChI is InChI=1S/C7H3F5N2O2/c8-5(9)4-2-1-3(7(10,11)12)6(13-4)14(15)16/h1-2,5H. The Hall–Kier alpha value is -1.80. The van der Waals surface area contributed by atoms with Crippen LogP contribution in [0.2, 0.25) is 0 Å². The van der Waals surface area contributed by atoms with E-state index in [2.05, 4.69) is 4.98 Å². The minimum atomic E-state index is -5.00. The van der Waals surface area contributed by atoms with Crippen LogP contribution in [0.15, 0.2) is 12.1 Å². The predicted molar refractivity (Wildman–Crippen MR) is 40.9 cm³/mol. The number of rotatable bonds is 2. The molecular formula is C7H3F5N2O2. The molecule has 4 nitrogen and oxygen atoms in total. The summed E-state index contributed by atoms with van der Waals surface area (Å²) in [7, 11) is 0. The third-order valence-electron chi connectivity index (χ3n) is 1.60. The molecule has 0 radical (unpaired) electrons. The summed E-state index contributed by atoms with van der Waals surface area (Å²) in [6.45, 7) is 0. The molecule has 0 fully saturated rings. The van der Waals surface area contributed by atoms with Gasteiger partial charge in [0, 0.05) is 0 Å². The molecule has 1 rings (SSSR count). The van der Waals surface area contributed by atoms with Crippen molar-refractivity contribution in [1.82, 2.24) is 4.98 Å². The Kier molecular flexibility index (Phi) is 3.06. The summed E-state index contributed by atoms with van der Waals surface area (Å²) < 4.78 is 60.8. The van der Waals surface area contributed by atoms with Crippen LogP contribution < -0.4 is 0 Å². The van der Waals surface area contributed by atoms with Gasteiger partial charge in [-0.05, 0) is 22.0 Å². The Morgan fingerprint density at radius 1 is 1.31 bits per heavy atom. The van der Waals surface area contributed by atoms with Gasteiger partial charge in [0.15, 0.2) is 5.56 Å². The van der Waals surface area contributed by atoms with Crippen molar-refractivity contribution in [3.8, 4) is 0 Å². The Morgan fingerprint density at radius 2 is 1.88 bits per heavy atom. The van der Waals surface area contributed by atoms with E-state index in [-0.39, 0.29) is 6.07 Å². The predicted octanol–water partition coefficient (Wildman–Crippen LogP) is 2.95. The number of hydrogen-bond donors (Lipinski definition) is 0. The van der Waals surface area contributed by atoms with E-state index >= 15 is 0 Å². The van der Waals surface area contributed by atoms with E-state index in [1.54, 1.807) is 0 Å². The quantitative estimate of drug-likeness (QED) is 0.455. The van der Waals surface area contributed by atoms with Gasteiger partial charge in [0.2, 0.25) is 5.69 Å². The summed E-state index contributed by atoms with van der Waals surface area (Å²) >= 11 is 0. The van der Waals surface area contributed by atoms with Gasteiger partial charge in [-0.2, -0.15) is 13.2 Å². The first kappa shape index (κ1) is 12.3. The topological polar surface area (TPSA) is 56.0 Å². The van der Waals surface area contributed by atoms with Gasteiger partial charge in [-0.15, -0.1) is 0 Å². The maximum atomic E-state index is 12.2. The first-order valence-electron chi connectivity index (χ1n) is 3.74. The molecule has 1 aromatic rings. The highest BCUT2D eigenvalue weighted by atomic mass is 19.4. The highest BCUT2D eigenvalue weighted by Crippen LogP contribution is 2.35. The van der Waals surface area contributed by atoms with Crippen molar-refractivity contribution in [3.05, 3.63) is 33.5 Å². The third kappa shape index (κ3) is 2.41. The van der Waals surface area contributed by atoms with Gasteiger partial charge < -0.3 is 10.1 Å². The highest BCUT2D eigenvalue weighted by molar-refractivity contribution is 5.36. The summed E-state index contributed by atoms with van der Waals surface area (Å²) in [6, 6.07) is 0.618. The summed E-state index contributed by atoms with van der Waals surface area (Å²) in [5.74, 6) is -1.62. The number of halogens is 5. The number of hydrogen-bond acceptors (Lipinski definition) is 3. The fourth-order valence-corrected chi connectivity index (χ4v) is 0.945. The van der Waals surface area contributed by atoms with Gasteiger partial charge in [0.25, 0.3) is 0 Å². The van der Waals surface area contributed by atoms with Crippen molar-refractivity contribution < 1.29 is 26.9 Å². The zero-order valence-corrected chi connectivity index (χ0v) is 7.33. The summed E-state index contributed by atoms with van der Waals surface area (Å²) in [5.41, 5.74) is -2.72. The number of nitro groups is 1. The van der Waals surface area contributed by atoms with Crippen LogP contribution in [0.3, 0.4) is 0 Å². The molecule has 0 aliphatic heterocycles. The van der Waals surface area contributed by atoms with Crippen LogP contribution in [-0.4, -0.2) is 9.91 Å². The van der Waals surface area contributed by atoms with Crippen LogP contribution in [0.25, 0.3) is 0 Å². The van der Waals surface area contributed by atoms with Gasteiger partial charge >= 0.3 is 18.4 Å². The molecule has 1 aromatic heterocycles. The van der Waals surface area contributed by atoms with E-state index in [1.165, 1.54) is 0 Å². The second kappa shape index (κ2) is 3.99. The maximum absolute atomic E-state index is 12.2. The van der Waals surface area contributed by atoms with Crippen molar-refractivity contribution in [2.45, 2.75) is 12.6 Å². The zero-order valence-electron chi connectivity index (χ0n) is 7.33. The monoisotopic (exact) mass is 242 g/mol. The van der Waals surface area contributed by atoms with Crippen molar-refractivity contribution in [3.63, 3.8) is 0 Å². The third-order valence-corrected chi connectivity index (χ3v) is 1.60. The number of pyridine rings is 1. The van der Waals surface area contributed by atoms with Crippen molar-refractivity contribution in [1.29, 1.82) is 0 Å². The lowest BCUT2D eigenvalue weighted by Gasteiger charge is -2.06. The van der Waals surface area contributed by atoms with Crippen LogP contribution in [0.1, 0.15) is 17.7 Å². The fraction of sp³-hybridized carbons (Fsp3) is 0.286. The lowest BCUT2D eigenvalue weighted by atomic mass is 10.2. The minimum Gasteiger partial charge on any atom is -0.358 e. The molecule has 0 aliphatic rings. The van der Waals surface area contributed by atoms with Crippen LogP contribution in [0, 0.1) is 10.1 Å². The molecule has 1 heterocycles. The molecule has 0 atom stereocenters. The van der Waals surface area contributed by atoms with Crippen LogP contribution in [-0.2, 0) is 6.18 Å². The molecule has 0 unspecified atom stereocenters. The van der Waals surface area contributed by atoms with Gasteiger partial charge in [0.1, 0.15) is 0 Å². The molecule has 0 aromatic carbocycles. The molecule has 9 heteroatoms. The molecular weight excluding hydrogens is 239 g/mol. The van der Waals surface area contributed by atoms with Crippen LogP contribution in [0.4, 0.5) is 27.8 Å².